The van der Waals surface area contributed by atoms with E-state index in [9.17, 15) is 9.59 Å². The molecule has 8 heteroatoms. The number of nitrogens with one attached hydrogen (secondary N) is 1. The number of piperidine rings is 1. The molecule has 0 spiro atoms. The first kappa shape index (κ1) is 21.2. The predicted molar refractivity (Wildman–Crippen MR) is 108 cm³/mol. The Labute approximate surface area is 175 Å². The second kappa shape index (κ2) is 9.33. The summed E-state index contributed by atoms with van der Waals surface area (Å²) in [6.07, 6.45) is 2.34. The highest BCUT2D eigenvalue weighted by atomic mass is 35.5. The maximum atomic E-state index is 13.7. The number of rotatable bonds is 4. The number of amides is 2. The van der Waals surface area contributed by atoms with Crippen molar-refractivity contribution in [3.8, 4) is 0 Å². The van der Waals surface area contributed by atoms with Crippen LogP contribution in [0.4, 0.5) is 4.79 Å². The zero-order valence-corrected chi connectivity index (χ0v) is 17.5. The van der Waals surface area contributed by atoms with Crippen LogP contribution in [0.2, 0.25) is 10.0 Å². The molecule has 6 nitrogen and oxygen atoms in total. The lowest BCUT2D eigenvalue weighted by Crippen LogP contribution is -2.56. The van der Waals surface area contributed by atoms with Gasteiger partial charge in [-0.25, -0.2) is 4.79 Å². The Morgan fingerprint density at radius 2 is 2.07 bits per heavy atom. The summed E-state index contributed by atoms with van der Waals surface area (Å²) in [5, 5.41) is 3.90. The standard InChI is InChI=1S/C20H26Cl2N2O4/c1-2-28-19(26)23-15-4-3-9-24(13-15)18(25)20(7-10-27-11-8-20)16-6-5-14(21)12-17(16)22/h5-6,12,15H,2-4,7-11,13H2,1H3,(H,23,26). The molecule has 3 rings (SSSR count). The summed E-state index contributed by atoms with van der Waals surface area (Å²) in [7, 11) is 0. The van der Waals surface area contributed by atoms with Crippen LogP contribution in [0.1, 0.15) is 38.2 Å². The van der Waals surface area contributed by atoms with Crippen molar-refractivity contribution in [2.75, 3.05) is 32.9 Å². The molecule has 1 unspecified atom stereocenters. The Kier molecular flexibility index (Phi) is 7.07. The molecule has 0 saturated carbocycles. The van der Waals surface area contributed by atoms with Crippen LogP contribution >= 0.6 is 23.2 Å². The van der Waals surface area contributed by atoms with E-state index in [-0.39, 0.29) is 11.9 Å². The minimum Gasteiger partial charge on any atom is -0.450 e. The van der Waals surface area contributed by atoms with E-state index in [2.05, 4.69) is 5.32 Å². The first-order chi connectivity index (χ1) is 13.5. The second-order valence-electron chi connectivity index (χ2n) is 7.27. The van der Waals surface area contributed by atoms with Crippen LogP contribution in [0.5, 0.6) is 0 Å². The number of nitrogens with zero attached hydrogens (tertiary/aromatic N) is 1. The van der Waals surface area contributed by atoms with Crippen molar-refractivity contribution in [2.45, 2.75) is 44.1 Å². The van der Waals surface area contributed by atoms with Crippen LogP contribution in [0.15, 0.2) is 18.2 Å². The van der Waals surface area contributed by atoms with Gasteiger partial charge in [0.15, 0.2) is 0 Å². The third kappa shape index (κ3) is 4.56. The fourth-order valence-corrected chi connectivity index (χ4v) is 4.71. The minimum atomic E-state index is -0.730. The maximum Gasteiger partial charge on any atom is 0.407 e. The highest BCUT2D eigenvalue weighted by molar-refractivity contribution is 6.35. The number of hydrogen-bond acceptors (Lipinski definition) is 4. The van der Waals surface area contributed by atoms with Gasteiger partial charge < -0.3 is 19.7 Å². The number of hydrogen-bond donors (Lipinski definition) is 1. The van der Waals surface area contributed by atoms with E-state index in [0.717, 1.165) is 18.4 Å². The lowest BCUT2D eigenvalue weighted by Gasteiger charge is -2.43. The van der Waals surface area contributed by atoms with Crippen molar-refractivity contribution in [2.24, 2.45) is 0 Å². The minimum absolute atomic E-state index is 0.0374. The number of benzene rings is 1. The molecule has 2 amide bonds. The van der Waals surface area contributed by atoms with Crippen molar-refractivity contribution in [3.05, 3.63) is 33.8 Å². The normalized spacial score (nSPS) is 21.8. The molecule has 1 N–H and O–H groups in total. The Balaban J connectivity index is 1.82. The van der Waals surface area contributed by atoms with Crippen LogP contribution in [-0.4, -0.2) is 55.9 Å². The molecule has 0 bridgehead atoms. The fraction of sp³-hybridized carbons (Fsp3) is 0.600. The van der Waals surface area contributed by atoms with Gasteiger partial charge in [0.25, 0.3) is 0 Å². The van der Waals surface area contributed by atoms with Crippen molar-refractivity contribution in [1.29, 1.82) is 0 Å². The SMILES string of the molecule is CCOC(=O)NC1CCCN(C(=O)C2(c3ccc(Cl)cc3Cl)CCOCC2)C1. The number of carbonyl (C=O) groups is 2. The van der Waals surface area contributed by atoms with Gasteiger partial charge in [-0.2, -0.15) is 0 Å². The molecule has 2 saturated heterocycles. The molecule has 1 atom stereocenters. The number of likely N-dealkylation sites (tertiary alicyclic amines) is 1. The van der Waals surface area contributed by atoms with Crippen molar-refractivity contribution in [1.82, 2.24) is 10.2 Å². The maximum absolute atomic E-state index is 13.7. The third-order valence-electron chi connectivity index (χ3n) is 5.51. The first-order valence-corrected chi connectivity index (χ1v) is 10.5. The van der Waals surface area contributed by atoms with E-state index >= 15 is 0 Å². The molecule has 2 aliphatic rings. The molecule has 2 aliphatic heterocycles. The van der Waals surface area contributed by atoms with Gasteiger partial charge in [0.2, 0.25) is 5.91 Å². The monoisotopic (exact) mass is 428 g/mol. The highest BCUT2D eigenvalue weighted by Crippen LogP contribution is 2.41. The average molecular weight is 429 g/mol. The fourth-order valence-electron chi connectivity index (χ4n) is 4.12. The molecule has 154 valence electrons. The largest absolute Gasteiger partial charge is 0.450 e. The summed E-state index contributed by atoms with van der Waals surface area (Å²) in [6.45, 7) is 4.21. The Hall–Kier alpha value is -1.50. The number of halogens is 2. The van der Waals surface area contributed by atoms with E-state index in [1.807, 2.05) is 11.0 Å². The van der Waals surface area contributed by atoms with Gasteiger partial charge in [-0.1, -0.05) is 29.3 Å². The molecule has 0 radical (unpaired) electrons. The van der Waals surface area contributed by atoms with Gasteiger partial charge in [-0.3, -0.25) is 4.79 Å². The Morgan fingerprint density at radius 3 is 2.75 bits per heavy atom. The lowest BCUT2D eigenvalue weighted by atomic mass is 9.72. The molecule has 28 heavy (non-hydrogen) atoms. The summed E-state index contributed by atoms with van der Waals surface area (Å²) in [6, 6.07) is 5.19. The van der Waals surface area contributed by atoms with E-state index in [1.165, 1.54) is 0 Å². The molecule has 2 fully saturated rings. The molecule has 2 heterocycles. The van der Waals surface area contributed by atoms with Crippen molar-refractivity contribution >= 4 is 35.2 Å². The number of carbonyl (C=O) groups excluding carboxylic acids is 2. The van der Waals surface area contributed by atoms with E-state index in [1.54, 1.807) is 19.1 Å². The van der Waals surface area contributed by atoms with Gasteiger partial charge in [0, 0.05) is 42.4 Å². The number of alkyl carbamates (subject to hydrolysis) is 1. The molecule has 1 aromatic rings. The topological polar surface area (TPSA) is 67.9 Å². The van der Waals surface area contributed by atoms with Gasteiger partial charge in [-0.15, -0.1) is 0 Å². The highest BCUT2D eigenvalue weighted by Gasteiger charge is 2.46. The Morgan fingerprint density at radius 1 is 1.32 bits per heavy atom. The summed E-state index contributed by atoms with van der Waals surface area (Å²) in [5.41, 5.74) is 0.0680. The van der Waals surface area contributed by atoms with E-state index < -0.39 is 11.5 Å². The van der Waals surface area contributed by atoms with Gasteiger partial charge >= 0.3 is 6.09 Å². The van der Waals surface area contributed by atoms with Crippen LogP contribution < -0.4 is 5.32 Å². The smallest absolute Gasteiger partial charge is 0.407 e. The molecule has 0 aliphatic carbocycles. The summed E-state index contributed by atoms with van der Waals surface area (Å²) >= 11 is 12.6. The zero-order valence-electron chi connectivity index (χ0n) is 16.0. The Bertz CT molecular complexity index is 722. The average Bonchev–Trinajstić information content (AvgIpc) is 2.68. The van der Waals surface area contributed by atoms with E-state index in [4.69, 9.17) is 32.7 Å². The van der Waals surface area contributed by atoms with Crippen LogP contribution in [-0.2, 0) is 19.7 Å². The second-order valence-corrected chi connectivity index (χ2v) is 8.12. The zero-order chi connectivity index (χ0) is 20.1. The predicted octanol–water partition coefficient (Wildman–Crippen LogP) is 3.78. The van der Waals surface area contributed by atoms with Crippen LogP contribution in [0.3, 0.4) is 0 Å². The van der Waals surface area contributed by atoms with Crippen LogP contribution in [0, 0.1) is 0 Å². The lowest BCUT2D eigenvalue weighted by molar-refractivity contribution is -0.142. The molecular formula is C20H26Cl2N2O4. The summed E-state index contributed by atoms with van der Waals surface area (Å²) < 4.78 is 10.5. The van der Waals surface area contributed by atoms with Gasteiger partial charge in [-0.05, 0) is 50.3 Å². The molecule has 0 aromatic heterocycles. The molecule has 1 aromatic carbocycles. The molecular weight excluding hydrogens is 403 g/mol. The van der Waals surface area contributed by atoms with Crippen molar-refractivity contribution in [3.63, 3.8) is 0 Å². The third-order valence-corrected chi connectivity index (χ3v) is 6.06. The summed E-state index contributed by atoms with van der Waals surface area (Å²) in [4.78, 5) is 27.3. The summed E-state index contributed by atoms with van der Waals surface area (Å²) in [5.74, 6) is 0.0374. The van der Waals surface area contributed by atoms with Gasteiger partial charge in [0.1, 0.15) is 0 Å². The van der Waals surface area contributed by atoms with Crippen molar-refractivity contribution < 1.29 is 19.1 Å². The first-order valence-electron chi connectivity index (χ1n) is 9.72. The quantitative estimate of drug-likeness (QED) is 0.791. The van der Waals surface area contributed by atoms with Gasteiger partial charge in [0.05, 0.1) is 12.0 Å². The van der Waals surface area contributed by atoms with Crippen LogP contribution in [0.25, 0.3) is 0 Å². The number of ether oxygens (including phenoxy) is 2. The van der Waals surface area contributed by atoms with E-state index in [0.29, 0.717) is 55.8 Å².